The van der Waals surface area contributed by atoms with E-state index in [1.807, 2.05) is 25.7 Å². The van der Waals surface area contributed by atoms with Gasteiger partial charge < -0.3 is 19.7 Å². The fourth-order valence-electron chi connectivity index (χ4n) is 2.89. The molecule has 2 rings (SSSR count). The highest BCUT2D eigenvalue weighted by molar-refractivity contribution is 14.1. The van der Waals surface area contributed by atoms with E-state index in [2.05, 4.69) is 60.0 Å². The number of halogens is 1. The van der Waals surface area contributed by atoms with E-state index >= 15 is 0 Å². The summed E-state index contributed by atoms with van der Waals surface area (Å²) in [6.07, 6.45) is 0.558. The fourth-order valence-corrected chi connectivity index (χ4v) is 3.38. The number of carbonyl (C=O) groups excluding carboxylic acids is 1. The molecule has 0 aromatic heterocycles. The molecule has 2 atom stereocenters. The van der Waals surface area contributed by atoms with Crippen molar-refractivity contribution in [2.75, 3.05) is 25.1 Å². The summed E-state index contributed by atoms with van der Waals surface area (Å²) in [6, 6.07) is 6.61. The number of anilines is 1. The number of morpholine rings is 1. The normalized spacial score (nSPS) is 19.4. The molecule has 6 heteroatoms. The van der Waals surface area contributed by atoms with Gasteiger partial charge in [0.2, 0.25) is 0 Å². The van der Waals surface area contributed by atoms with Gasteiger partial charge in [-0.25, -0.2) is 4.79 Å². The number of benzene rings is 1. The summed E-state index contributed by atoms with van der Waals surface area (Å²) in [5.74, 6) is 0. The van der Waals surface area contributed by atoms with Crippen LogP contribution in [0.25, 0.3) is 0 Å². The predicted octanol–water partition coefficient (Wildman–Crippen LogP) is 4.43. The molecule has 1 aromatic carbocycles. The molecule has 140 valence electrons. The molecule has 1 heterocycles. The molecule has 2 unspecified atom stereocenters. The van der Waals surface area contributed by atoms with E-state index in [1.165, 1.54) is 9.13 Å². The van der Waals surface area contributed by atoms with Crippen LogP contribution in [-0.2, 0) is 9.47 Å². The Morgan fingerprint density at radius 2 is 2.20 bits per heavy atom. The Morgan fingerprint density at radius 1 is 1.48 bits per heavy atom. The van der Waals surface area contributed by atoms with E-state index in [1.54, 1.807) is 0 Å². The van der Waals surface area contributed by atoms with E-state index in [0.29, 0.717) is 19.8 Å². The Balaban J connectivity index is 2.00. The van der Waals surface area contributed by atoms with Crippen LogP contribution in [0.3, 0.4) is 0 Å². The van der Waals surface area contributed by atoms with Gasteiger partial charge in [0.1, 0.15) is 5.60 Å². The van der Waals surface area contributed by atoms with Gasteiger partial charge in [0.05, 0.1) is 19.3 Å². The maximum absolute atomic E-state index is 12.5. The number of carbonyl (C=O) groups is 1. The van der Waals surface area contributed by atoms with Crippen molar-refractivity contribution in [3.63, 3.8) is 0 Å². The van der Waals surface area contributed by atoms with Crippen molar-refractivity contribution in [1.82, 2.24) is 4.90 Å². The second-order valence-corrected chi connectivity index (χ2v) is 8.89. The molecule has 25 heavy (non-hydrogen) atoms. The summed E-state index contributed by atoms with van der Waals surface area (Å²) in [5, 5.41) is 3.57. The van der Waals surface area contributed by atoms with Gasteiger partial charge in [-0.15, -0.1) is 0 Å². The molecule has 1 fully saturated rings. The van der Waals surface area contributed by atoms with Crippen LogP contribution in [0.2, 0.25) is 0 Å². The van der Waals surface area contributed by atoms with Gasteiger partial charge in [0.15, 0.2) is 0 Å². The number of amides is 1. The second-order valence-electron chi connectivity index (χ2n) is 7.64. The molecule has 1 N–H and O–H groups in total. The van der Waals surface area contributed by atoms with Gasteiger partial charge >= 0.3 is 6.09 Å². The Labute approximate surface area is 164 Å². The van der Waals surface area contributed by atoms with E-state index in [-0.39, 0.29) is 18.2 Å². The Kier molecular flexibility index (Phi) is 6.96. The molecule has 0 radical (unpaired) electrons. The minimum atomic E-state index is -0.484. The Hall–Kier alpha value is -1.02. The van der Waals surface area contributed by atoms with Crippen molar-refractivity contribution < 1.29 is 14.3 Å². The zero-order chi connectivity index (χ0) is 18.6. The lowest BCUT2D eigenvalue weighted by atomic mass is 10.1. The van der Waals surface area contributed by atoms with Crippen LogP contribution in [0.4, 0.5) is 10.5 Å². The Bertz CT molecular complexity index is 601. The van der Waals surface area contributed by atoms with E-state index in [9.17, 15) is 4.79 Å². The van der Waals surface area contributed by atoms with Crippen LogP contribution in [0, 0.1) is 10.5 Å². The zero-order valence-electron chi connectivity index (χ0n) is 15.8. The highest BCUT2D eigenvalue weighted by atomic mass is 127. The van der Waals surface area contributed by atoms with Gasteiger partial charge in [-0.3, -0.25) is 0 Å². The van der Waals surface area contributed by atoms with E-state index in [0.717, 1.165) is 12.1 Å². The van der Waals surface area contributed by atoms with Crippen molar-refractivity contribution in [3.8, 4) is 0 Å². The van der Waals surface area contributed by atoms with Gasteiger partial charge in [-0.05, 0) is 81.3 Å². The van der Waals surface area contributed by atoms with Crippen LogP contribution in [0.15, 0.2) is 18.2 Å². The summed E-state index contributed by atoms with van der Waals surface area (Å²) in [6.45, 7) is 11.6. The zero-order valence-corrected chi connectivity index (χ0v) is 17.9. The molecular formula is C19H29IN2O3. The summed E-state index contributed by atoms with van der Waals surface area (Å²) >= 11 is 2.32. The molecule has 0 saturated carbocycles. The van der Waals surface area contributed by atoms with Crippen molar-refractivity contribution in [3.05, 3.63) is 27.3 Å². The van der Waals surface area contributed by atoms with E-state index in [4.69, 9.17) is 9.47 Å². The summed E-state index contributed by atoms with van der Waals surface area (Å²) in [5.41, 5.74) is 1.87. The number of nitrogens with one attached hydrogen (secondary N) is 1. The molecular weight excluding hydrogens is 431 g/mol. The standard InChI is InChI=1S/C19H29IN2O3/c1-13-6-7-15(20)11-17(13)21-14(2)10-16-12-24-9-8-22(16)18(23)25-19(3,4)5/h6-7,11,14,16,21H,8-10,12H2,1-5H3. The lowest BCUT2D eigenvalue weighted by Crippen LogP contribution is -2.51. The Morgan fingerprint density at radius 3 is 2.88 bits per heavy atom. The SMILES string of the molecule is Cc1ccc(I)cc1NC(C)CC1COCCN1C(=O)OC(C)(C)C. The van der Waals surface area contributed by atoms with Crippen LogP contribution in [-0.4, -0.2) is 48.4 Å². The topological polar surface area (TPSA) is 50.8 Å². The predicted molar refractivity (Wildman–Crippen MR) is 109 cm³/mol. The average molecular weight is 460 g/mol. The van der Waals surface area contributed by atoms with Crippen LogP contribution < -0.4 is 5.32 Å². The number of ether oxygens (including phenoxy) is 2. The molecule has 0 bridgehead atoms. The molecule has 1 aliphatic heterocycles. The van der Waals surface area contributed by atoms with Crippen molar-refractivity contribution in [2.45, 2.75) is 58.7 Å². The third-order valence-corrected chi connectivity index (χ3v) is 4.75. The number of rotatable bonds is 4. The van der Waals surface area contributed by atoms with Crippen LogP contribution in [0.5, 0.6) is 0 Å². The van der Waals surface area contributed by atoms with Crippen LogP contribution in [0.1, 0.15) is 39.7 Å². The smallest absolute Gasteiger partial charge is 0.410 e. The third-order valence-electron chi connectivity index (χ3n) is 4.08. The van der Waals surface area contributed by atoms with Gasteiger partial charge in [-0.1, -0.05) is 6.07 Å². The quantitative estimate of drug-likeness (QED) is 0.676. The van der Waals surface area contributed by atoms with Gasteiger partial charge in [0, 0.05) is 21.8 Å². The molecule has 1 amide bonds. The number of aryl methyl sites for hydroxylation is 1. The van der Waals surface area contributed by atoms with Crippen LogP contribution >= 0.6 is 22.6 Å². The lowest BCUT2D eigenvalue weighted by molar-refractivity contribution is -0.0345. The summed E-state index contributed by atoms with van der Waals surface area (Å²) in [4.78, 5) is 14.3. The molecule has 5 nitrogen and oxygen atoms in total. The minimum Gasteiger partial charge on any atom is -0.444 e. The van der Waals surface area contributed by atoms with Crippen molar-refractivity contribution >= 4 is 34.4 Å². The summed E-state index contributed by atoms with van der Waals surface area (Å²) in [7, 11) is 0. The molecule has 1 aromatic rings. The molecule has 0 spiro atoms. The number of nitrogens with zero attached hydrogens (tertiary/aromatic N) is 1. The van der Waals surface area contributed by atoms with E-state index < -0.39 is 5.60 Å². The van der Waals surface area contributed by atoms with Crippen molar-refractivity contribution in [2.24, 2.45) is 0 Å². The second kappa shape index (κ2) is 8.58. The fraction of sp³-hybridized carbons (Fsp3) is 0.632. The molecule has 1 saturated heterocycles. The first kappa shape index (κ1) is 20.3. The van der Waals surface area contributed by atoms with Gasteiger partial charge in [0.25, 0.3) is 0 Å². The highest BCUT2D eigenvalue weighted by Gasteiger charge is 2.31. The largest absolute Gasteiger partial charge is 0.444 e. The first-order valence-corrected chi connectivity index (χ1v) is 9.83. The third kappa shape index (κ3) is 6.33. The van der Waals surface area contributed by atoms with Crippen molar-refractivity contribution in [1.29, 1.82) is 0 Å². The summed E-state index contributed by atoms with van der Waals surface area (Å²) < 4.78 is 12.4. The van der Waals surface area contributed by atoms with Gasteiger partial charge in [-0.2, -0.15) is 0 Å². The maximum atomic E-state index is 12.5. The monoisotopic (exact) mass is 460 g/mol. The highest BCUT2D eigenvalue weighted by Crippen LogP contribution is 2.22. The maximum Gasteiger partial charge on any atom is 0.410 e. The lowest BCUT2D eigenvalue weighted by Gasteiger charge is -2.38. The number of hydrogen-bond acceptors (Lipinski definition) is 4. The molecule has 0 aliphatic carbocycles. The molecule has 1 aliphatic rings. The average Bonchev–Trinajstić information content (AvgIpc) is 2.49. The minimum absolute atomic E-state index is 0.0224. The number of hydrogen-bond donors (Lipinski definition) is 1. The first-order chi connectivity index (χ1) is 11.7. The first-order valence-electron chi connectivity index (χ1n) is 8.76.